The van der Waals surface area contributed by atoms with Crippen molar-refractivity contribution in [3.63, 3.8) is 0 Å². The van der Waals surface area contributed by atoms with Crippen LogP contribution in [0, 0.1) is 0 Å². The number of hydrogen-bond donors (Lipinski definition) is 2. The standard InChI is InChI=1S/C6H8NO3P/c7-5-3-1-2-4-6(5)10-11(8)9/h1-4,11H,7H2,(H,8,9). The second kappa shape index (κ2) is 3.42. The largest absolute Gasteiger partial charge is 0.424 e. The third kappa shape index (κ3) is 2.26. The van der Waals surface area contributed by atoms with Gasteiger partial charge in [-0.2, -0.15) is 0 Å². The Kier molecular flexibility index (Phi) is 2.52. The summed E-state index contributed by atoms with van der Waals surface area (Å²) in [7, 11) is -2.94. The van der Waals surface area contributed by atoms with Gasteiger partial charge in [0.25, 0.3) is 0 Å². The van der Waals surface area contributed by atoms with E-state index in [-0.39, 0.29) is 5.75 Å². The summed E-state index contributed by atoms with van der Waals surface area (Å²) < 4.78 is 14.8. The van der Waals surface area contributed by atoms with Gasteiger partial charge < -0.3 is 15.2 Å². The highest BCUT2D eigenvalue weighted by atomic mass is 31.1. The van der Waals surface area contributed by atoms with E-state index in [1.807, 2.05) is 0 Å². The van der Waals surface area contributed by atoms with Gasteiger partial charge in [0.1, 0.15) is 0 Å². The second-order valence-corrected chi connectivity index (χ2v) is 2.64. The average molecular weight is 173 g/mol. The Morgan fingerprint density at radius 1 is 1.45 bits per heavy atom. The van der Waals surface area contributed by atoms with E-state index in [9.17, 15) is 4.57 Å². The molecule has 4 nitrogen and oxygen atoms in total. The van der Waals surface area contributed by atoms with Crippen LogP contribution in [0.5, 0.6) is 5.75 Å². The van der Waals surface area contributed by atoms with E-state index in [1.54, 1.807) is 18.2 Å². The molecule has 0 fully saturated rings. The van der Waals surface area contributed by atoms with E-state index in [1.165, 1.54) is 6.07 Å². The molecule has 0 aliphatic heterocycles. The zero-order valence-electron chi connectivity index (χ0n) is 5.65. The van der Waals surface area contributed by atoms with Crippen LogP contribution in [0.25, 0.3) is 0 Å². The maximum Gasteiger partial charge on any atom is 0.365 e. The molecule has 3 N–H and O–H groups in total. The van der Waals surface area contributed by atoms with Crippen molar-refractivity contribution in [2.45, 2.75) is 0 Å². The highest BCUT2D eigenvalue weighted by Gasteiger charge is 1.99. The van der Waals surface area contributed by atoms with E-state index in [0.29, 0.717) is 5.69 Å². The van der Waals surface area contributed by atoms with Crippen LogP contribution in [0.1, 0.15) is 0 Å². The van der Waals surface area contributed by atoms with Crippen LogP contribution in [0.2, 0.25) is 0 Å². The lowest BCUT2D eigenvalue weighted by Gasteiger charge is -2.03. The highest BCUT2D eigenvalue weighted by molar-refractivity contribution is 7.32. The summed E-state index contributed by atoms with van der Waals surface area (Å²) >= 11 is 0. The van der Waals surface area contributed by atoms with Gasteiger partial charge in [-0.15, -0.1) is 0 Å². The minimum atomic E-state index is -2.94. The SMILES string of the molecule is Nc1ccccc1O[PH](=O)O. The normalized spacial score (nSPS) is 12.5. The molecule has 0 heterocycles. The van der Waals surface area contributed by atoms with Crippen LogP contribution in [0.15, 0.2) is 24.3 Å². The van der Waals surface area contributed by atoms with E-state index in [2.05, 4.69) is 4.52 Å². The molecule has 0 spiro atoms. The molecule has 0 aliphatic rings. The summed E-state index contributed by atoms with van der Waals surface area (Å²) in [4.78, 5) is 8.40. The Morgan fingerprint density at radius 2 is 2.09 bits per heavy atom. The highest BCUT2D eigenvalue weighted by Crippen LogP contribution is 2.27. The van der Waals surface area contributed by atoms with Crippen molar-refractivity contribution in [1.82, 2.24) is 0 Å². The van der Waals surface area contributed by atoms with Gasteiger partial charge in [-0.25, -0.2) is 4.57 Å². The fraction of sp³-hybridized carbons (Fsp3) is 0. The Hall–Kier alpha value is -0.990. The third-order valence-corrected chi connectivity index (χ3v) is 1.51. The van der Waals surface area contributed by atoms with Gasteiger partial charge in [0.15, 0.2) is 5.75 Å². The molecule has 1 aromatic rings. The maximum atomic E-state index is 10.2. The third-order valence-electron chi connectivity index (χ3n) is 1.12. The van der Waals surface area contributed by atoms with Crippen molar-refractivity contribution in [3.8, 4) is 5.75 Å². The van der Waals surface area contributed by atoms with Crippen LogP contribution >= 0.6 is 8.25 Å². The number of nitrogen functional groups attached to an aromatic ring is 1. The molecule has 0 aromatic heterocycles. The van der Waals surface area contributed by atoms with Crippen LogP contribution in [-0.4, -0.2) is 4.89 Å². The number of nitrogens with two attached hydrogens (primary N) is 1. The molecular formula is C6H8NO3P. The first-order valence-electron chi connectivity index (χ1n) is 2.95. The first kappa shape index (κ1) is 8.11. The summed E-state index contributed by atoms with van der Waals surface area (Å²) in [5.41, 5.74) is 5.77. The van der Waals surface area contributed by atoms with Gasteiger partial charge in [-0.05, 0) is 12.1 Å². The summed E-state index contributed by atoms with van der Waals surface area (Å²) in [6.07, 6.45) is 0. The summed E-state index contributed by atoms with van der Waals surface area (Å²) in [5, 5.41) is 0. The van der Waals surface area contributed by atoms with E-state index < -0.39 is 8.25 Å². The molecule has 0 bridgehead atoms. The van der Waals surface area contributed by atoms with Crippen molar-refractivity contribution >= 4 is 13.9 Å². The van der Waals surface area contributed by atoms with Crippen LogP contribution in [0.3, 0.4) is 0 Å². The molecule has 0 radical (unpaired) electrons. The minimum absolute atomic E-state index is 0.249. The Morgan fingerprint density at radius 3 is 2.64 bits per heavy atom. The molecular weight excluding hydrogens is 165 g/mol. The van der Waals surface area contributed by atoms with Gasteiger partial charge in [-0.3, -0.25) is 0 Å². The van der Waals surface area contributed by atoms with Gasteiger partial charge in [0.05, 0.1) is 5.69 Å². The molecule has 11 heavy (non-hydrogen) atoms. The monoisotopic (exact) mass is 173 g/mol. The molecule has 0 amide bonds. The summed E-state index contributed by atoms with van der Waals surface area (Å²) in [6, 6.07) is 6.53. The van der Waals surface area contributed by atoms with E-state index in [4.69, 9.17) is 10.6 Å². The van der Waals surface area contributed by atoms with Crippen molar-refractivity contribution in [3.05, 3.63) is 24.3 Å². The summed E-state index contributed by atoms with van der Waals surface area (Å²) in [5.74, 6) is 0.249. The van der Waals surface area contributed by atoms with Crippen molar-refractivity contribution in [1.29, 1.82) is 0 Å². The number of para-hydroxylation sites is 2. The van der Waals surface area contributed by atoms with Gasteiger partial charge in [-0.1, -0.05) is 12.1 Å². The van der Waals surface area contributed by atoms with E-state index >= 15 is 0 Å². The molecule has 60 valence electrons. The summed E-state index contributed by atoms with van der Waals surface area (Å²) in [6.45, 7) is 0. The number of anilines is 1. The Balaban J connectivity index is 2.86. The maximum absolute atomic E-state index is 10.2. The van der Waals surface area contributed by atoms with E-state index in [0.717, 1.165) is 0 Å². The first-order valence-corrected chi connectivity index (χ1v) is 4.22. The van der Waals surface area contributed by atoms with Crippen LogP contribution in [0.4, 0.5) is 5.69 Å². The van der Waals surface area contributed by atoms with Crippen LogP contribution < -0.4 is 10.3 Å². The molecule has 0 saturated carbocycles. The zero-order valence-corrected chi connectivity index (χ0v) is 6.65. The Bertz CT molecular complexity index is 276. The lowest BCUT2D eigenvalue weighted by Crippen LogP contribution is -1.88. The van der Waals surface area contributed by atoms with Gasteiger partial charge in [0, 0.05) is 0 Å². The lowest BCUT2D eigenvalue weighted by molar-refractivity contribution is 0.411. The number of hydrogen-bond acceptors (Lipinski definition) is 3. The van der Waals surface area contributed by atoms with Gasteiger partial charge in [0.2, 0.25) is 0 Å². The predicted octanol–water partition coefficient (Wildman–Crippen LogP) is 1.03. The number of rotatable bonds is 2. The molecule has 1 atom stereocenters. The molecule has 0 saturated heterocycles. The fourth-order valence-corrected chi connectivity index (χ4v) is 1.04. The molecule has 1 unspecified atom stereocenters. The topological polar surface area (TPSA) is 72.5 Å². The van der Waals surface area contributed by atoms with Crippen molar-refractivity contribution < 1.29 is 14.0 Å². The molecule has 1 aromatic carbocycles. The second-order valence-electron chi connectivity index (χ2n) is 1.91. The molecule has 5 heteroatoms. The lowest BCUT2D eigenvalue weighted by atomic mass is 10.3. The van der Waals surface area contributed by atoms with Crippen molar-refractivity contribution in [2.24, 2.45) is 0 Å². The predicted molar refractivity (Wildman–Crippen MR) is 42.7 cm³/mol. The average Bonchev–Trinajstić information content (AvgIpc) is 1.93. The fourth-order valence-electron chi connectivity index (χ4n) is 0.668. The zero-order chi connectivity index (χ0) is 8.27. The van der Waals surface area contributed by atoms with Crippen LogP contribution in [-0.2, 0) is 4.57 Å². The Labute approximate surface area is 64.6 Å². The quantitative estimate of drug-likeness (QED) is 0.517. The smallest absolute Gasteiger partial charge is 0.365 e. The molecule has 0 aliphatic carbocycles. The molecule has 1 rings (SSSR count). The number of benzene rings is 1. The first-order chi connectivity index (χ1) is 5.20. The van der Waals surface area contributed by atoms with Crippen molar-refractivity contribution in [2.75, 3.05) is 5.73 Å². The van der Waals surface area contributed by atoms with Gasteiger partial charge >= 0.3 is 8.25 Å². The minimum Gasteiger partial charge on any atom is -0.424 e.